The van der Waals surface area contributed by atoms with Gasteiger partial charge >= 0.3 is 0 Å². The number of aromatic nitrogens is 5. The lowest BCUT2D eigenvalue weighted by atomic mass is 10.2. The van der Waals surface area contributed by atoms with E-state index in [9.17, 15) is 0 Å². The van der Waals surface area contributed by atoms with Crippen molar-refractivity contribution < 1.29 is 0 Å². The van der Waals surface area contributed by atoms with Crippen LogP contribution >= 0.6 is 0 Å². The molecule has 27 heavy (non-hydrogen) atoms. The molecule has 7 heteroatoms. The molecule has 0 unspecified atom stereocenters. The fraction of sp³-hybridized carbons (Fsp3) is 0.350. The van der Waals surface area contributed by atoms with E-state index >= 15 is 0 Å². The van der Waals surface area contributed by atoms with Crippen LogP contribution in [0.5, 0.6) is 0 Å². The van der Waals surface area contributed by atoms with Crippen molar-refractivity contribution in [1.29, 1.82) is 0 Å². The van der Waals surface area contributed by atoms with Gasteiger partial charge in [0.15, 0.2) is 5.82 Å². The number of anilines is 2. The van der Waals surface area contributed by atoms with Crippen LogP contribution in [0.25, 0.3) is 11.4 Å². The lowest BCUT2D eigenvalue weighted by molar-refractivity contribution is 0.637. The third-order valence-corrected chi connectivity index (χ3v) is 5.17. The minimum Gasteiger partial charge on any atom is -0.353 e. The Balaban J connectivity index is 1.24. The van der Waals surface area contributed by atoms with E-state index in [0.717, 1.165) is 49.2 Å². The topological polar surface area (TPSA) is 70.9 Å². The van der Waals surface area contributed by atoms with Gasteiger partial charge in [-0.2, -0.15) is 0 Å². The Labute approximate surface area is 158 Å². The molecule has 0 aromatic carbocycles. The molecule has 2 fully saturated rings. The molecule has 0 radical (unpaired) electrons. The van der Waals surface area contributed by atoms with Crippen molar-refractivity contribution in [2.45, 2.75) is 18.8 Å². The van der Waals surface area contributed by atoms with E-state index in [1.165, 1.54) is 18.5 Å². The molecular weight excluding hydrogens is 338 g/mol. The number of rotatable bonds is 4. The van der Waals surface area contributed by atoms with Gasteiger partial charge < -0.3 is 9.80 Å². The lowest BCUT2D eigenvalue weighted by Crippen LogP contribution is -2.47. The summed E-state index contributed by atoms with van der Waals surface area (Å²) >= 11 is 0. The van der Waals surface area contributed by atoms with Crippen molar-refractivity contribution in [3.8, 4) is 11.4 Å². The minimum absolute atomic E-state index is 0.654. The quantitative estimate of drug-likeness (QED) is 0.709. The minimum atomic E-state index is 0.654. The van der Waals surface area contributed by atoms with Crippen molar-refractivity contribution in [1.82, 2.24) is 25.1 Å². The van der Waals surface area contributed by atoms with Crippen molar-refractivity contribution >= 4 is 11.6 Å². The molecule has 7 nitrogen and oxygen atoms in total. The van der Waals surface area contributed by atoms with Crippen molar-refractivity contribution in [2.24, 2.45) is 0 Å². The van der Waals surface area contributed by atoms with E-state index in [0.29, 0.717) is 5.92 Å². The second kappa shape index (κ2) is 6.90. The van der Waals surface area contributed by atoms with Crippen LogP contribution in [0.1, 0.15) is 24.5 Å². The maximum atomic E-state index is 4.48. The molecule has 0 spiro atoms. The summed E-state index contributed by atoms with van der Waals surface area (Å²) in [5.41, 5.74) is 2.83. The van der Waals surface area contributed by atoms with Gasteiger partial charge in [0.2, 0.25) is 0 Å². The zero-order valence-corrected chi connectivity index (χ0v) is 15.1. The van der Waals surface area contributed by atoms with Crippen molar-refractivity contribution in [3.05, 3.63) is 54.6 Å². The highest BCUT2D eigenvalue weighted by Crippen LogP contribution is 2.39. The highest BCUT2D eigenvalue weighted by molar-refractivity contribution is 5.55. The van der Waals surface area contributed by atoms with Gasteiger partial charge in [0.25, 0.3) is 0 Å². The first-order valence-corrected chi connectivity index (χ1v) is 9.44. The van der Waals surface area contributed by atoms with E-state index in [1.54, 1.807) is 12.5 Å². The number of nitrogens with zero attached hydrogens (tertiary/aromatic N) is 7. The van der Waals surface area contributed by atoms with Crippen molar-refractivity contribution in [2.75, 3.05) is 36.0 Å². The lowest BCUT2D eigenvalue weighted by Gasteiger charge is -2.35. The van der Waals surface area contributed by atoms with E-state index < -0.39 is 0 Å². The van der Waals surface area contributed by atoms with Crippen LogP contribution in [0, 0.1) is 0 Å². The Morgan fingerprint density at radius 1 is 0.741 bits per heavy atom. The van der Waals surface area contributed by atoms with Gasteiger partial charge in [-0.15, -0.1) is 10.2 Å². The summed E-state index contributed by atoms with van der Waals surface area (Å²) in [4.78, 5) is 17.8. The molecule has 4 heterocycles. The Morgan fingerprint density at radius 2 is 1.56 bits per heavy atom. The number of hydrogen-bond acceptors (Lipinski definition) is 7. The average Bonchev–Trinajstić information content (AvgIpc) is 3.60. The second-order valence-corrected chi connectivity index (χ2v) is 7.04. The molecule has 3 aromatic heterocycles. The van der Waals surface area contributed by atoms with Crippen LogP contribution in [-0.4, -0.2) is 51.3 Å². The number of hydrogen-bond donors (Lipinski definition) is 0. The van der Waals surface area contributed by atoms with Crippen LogP contribution in [0.15, 0.2) is 48.9 Å². The highest BCUT2D eigenvalue weighted by atomic mass is 15.3. The highest BCUT2D eigenvalue weighted by Gasteiger charge is 2.26. The van der Waals surface area contributed by atoms with Gasteiger partial charge in [0.05, 0.1) is 5.69 Å². The Bertz CT molecular complexity index is 901. The summed E-state index contributed by atoms with van der Waals surface area (Å²) in [6, 6.07) is 12.0. The summed E-state index contributed by atoms with van der Waals surface area (Å²) in [5, 5.41) is 8.76. The van der Waals surface area contributed by atoms with Crippen molar-refractivity contribution in [3.63, 3.8) is 0 Å². The molecule has 0 atom stereocenters. The normalized spacial score (nSPS) is 17.2. The standard InChI is InChI=1S/C20H21N7/c1-2-8-21-16(3-1)17-6-7-19(25-24-17)26-9-11-27(12-10-26)20-13-18(15-4-5-15)22-14-23-20/h1-3,6-8,13-15H,4-5,9-12H2. The monoisotopic (exact) mass is 359 g/mol. The van der Waals surface area contributed by atoms with E-state index in [4.69, 9.17) is 0 Å². The first-order chi connectivity index (χ1) is 13.4. The first-order valence-electron chi connectivity index (χ1n) is 9.44. The first kappa shape index (κ1) is 16.1. The van der Waals surface area contributed by atoms with Crippen LogP contribution in [-0.2, 0) is 0 Å². The van der Waals surface area contributed by atoms with Crippen LogP contribution in [0.3, 0.4) is 0 Å². The van der Waals surface area contributed by atoms with Gasteiger partial charge in [-0.05, 0) is 37.1 Å². The number of piperazine rings is 1. The molecule has 0 bridgehead atoms. The number of pyridine rings is 1. The predicted molar refractivity (Wildman–Crippen MR) is 104 cm³/mol. The maximum absolute atomic E-state index is 4.48. The smallest absolute Gasteiger partial charge is 0.151 e. The molecule has 5 rings (SSSR count). The largest absolute Gasteiger partial charge is 0.353 e. The van der Waals surface area contributed by atoms with E-state index in [-0.39, 0.29) is 0 Å². The molecule has 2 aliphatic rings. The zero-order valence-electron chi connectivity index (χ0n) is 15.1. The second-order valence-electron chi connectivity index (χ2n) is 7.04. The molecule has 0 amide bonds. The van der Waals surface area contributed by atoms with Gasteiger partial charge in [0.1, 0.15) is 17.8 Å². The summed E-state index contributed by atoms with van der Waals surface area (Å²) < 4.78 is 0. The average molecular weight is 359 g/mol. The fourth-order valence-corrected chi connectivity index (χ4v) is 3.45. The van der Waals surface area contributed by atoms with E-state index in [1.807, 2.05) is 30.3 Å². The van der Waals surface area contributed by atoms with Crippen LogP contribution in [0.2, 0.25) is 0 Å². The van der Waals surface area contributed by atoms with Gasteiger partial charge in [0, 0.05) is 50.1 Å². The molecule has 136 valence electrons. The Kier molecular flexibility index (Phi) is 4.12. The maximum Gasteiger partial charge on any atom is 0.151 e. The molecule has 1 aliphatic carbocycles. The van der Waals surface area contributed by atoms with E-state index in [2.05, 4.69) is 41.0 Å². The van der Waals surface area contributed by atoms with Gasteiger partial charge in [-0.25, -0.2) is 9.97 Å². The predicted octanol–water partition coefficient (Wildman–Crippen LogP) is 2.53. The molecule has 3 aromatic rings. The summed E-state index contributed by atoms with van der Waals surface area (Å²) in [6.45, 7) is 3.65. The summed E-state index contributed by atoms with van der Waals surface area (Å²) in [5.74, 6) is 2.61. The SMILES string of the molecule is c1ccc(-c2ccc(N3CCN(c4cc(C5CC5)ncn4)CC3)nn2)nc1. The fourth-order valence-electron chi connectivity index (χ4n) is 3.45. The van der Waals surface area contributed by atoms with Crippen LogP contribution < -0.4 is 9.80 Å². The molecular formula is C20H21N7. The molecule has 0 N–H and O–H groups in total. The van der Waals surface area contributed by atoms with Gasteiger partial charge in [-0.1, -0.05) is 6.07 Å². The van der Waals surface area contributed by atoms with Crippen LogP contribution in [0.4, 0.5) is 11.6 Å². The van der Waals surface area contributed by atoms with Gasteiger partial charge in [-0.3, -0.25) is 4.98 Å². The third kappa shape index (κ3) is 3.45. The summed E-state index contributed by atoms with van der Waals surface area (Å²) in [7, 11) is 0. The Hall–Kier alpha value is -3.09. The molecule has 1 saturated carbocycles. The Morgan fingerprint density at radius 3 is 2.22 bits per heavy atom. The zero-order chi connectivity index (χ0) is 18.1. The summed E-state index contributed by atoms with van der Waals surface area (Å²) in [6.07, 6.45) is 6.00. The molecule has 1 aliphatic heterocycles. The molecule has 1 saturated heterocycles. The third-order valence-electron chi connectivity index (χ3n) is 5.17.